The van der Waals surface area contributed by atoms with Crippen LogP contribution in [0.5, 0.6) is 5.75 Å². The van der Waals surface area contributed by atoms with Crippen LogP contribution >= 0.6 is 0 Å². The van der Waals surface area contributed by atoms with Crippen LogP contribution in [0.4, 0.5) is 5.69 Å². The number of ether oxygens (including phenoxy) is 1. The van der Waals surface area contributed by atoms with E-state index in [4.69, 9.17) is 15.9 Å². The number of carboxylic acid groups (broad SMARTS) is 1. The minimum atomic E-state index is -1.13. The van der Waals surface area contributed by atoms with Crippen LogP contribution in [0.25, 0.3) is 0 Å². The van der Waals surface area contributed by atoms with Gasteiger partial charge in [-0.2, -0.15) is 0 Å². The van der Waals surface area contributed by atoms with Crippen molar-refractivity contribution in [3.8, 4) is 5.75 Å². The smallest absolute Gasteiger partial charge is 0.331 e. The van der Waals surface area contributed by atoms with Crippen LogP contribution in [0, 0.1) is 12.3 Å². The molecule has 2 aromatic carbocycles. The lowest BCUT2D eigenvalue weighted by Gasteiger charge is -2.30. The highest BCUT2D eigenvalue weighted by Crippen LogP contribution is 2.30. The number of rotatable bonds is 8. The van der Waals surface area contributed by atoms with Gasteiger partial charge < -0.3 is 15.6 Å². The molecular formula is C22H28N4O3. The van der Waals surface area contributed by atoms with Crippen molar-refractivity contribution in [2.24, 2.45) is 5.73 Å². The highest BCUT2D eigenvalue weighted by atomic mass is 16.5. The summed E-state index contributed by atoms with van der Waals surface area (Å²) in [6, 6.07) is 13.2. The Bertz CT molecular complexity index is 850. The number of carbonyl (C=O) groups is 1. The molecule has 1 fully saturated rings. The molecule has 0 spiro atoms. The SMILES string of the molecule is Cc1cc(OCCN2CCCC2)cc(C(C(=O)O)N(C(=N)N)c2ccccc2)c1. The van der Waals surface area contributed by atoms with Gasteiger partial charge in [0.2, 0.25) is 0 Å². The van der Waals surface area contributed by atoms with Crippen molar-refractivity contribution in [2.45, 2.75) is 25.8 Å². The summed E-state index contributed by atoms with van der Waals surface area (Å²) in [6.45, 7) is 5.52. The van der Waals surface area contributed by atoms with E-state index in [1.807, 2.05) is 19.1 Å². The molecule has 1 saturated heterocycles. The minimum absolute atomic E-state index is 0.332. The number of hydrogen-bond donors (Lipinski definition) is 3. The monoisotopic (exact) mass is 396 g/mol. The number of nitrogens with one attached hydrogen (secondary N) is 1. The van der Waals surface area contributed by atoms with E-state index in [-0.39, 0.29) is 5.96 Å². The summed E-state index contributed by atoms with van der Waals surface area (Å²) in [7, 11) is 0. The predicted octanol–water partition coefficient (Wildman–Crippen LogP) is 3.00. The highest BCUT2D eigenvalue weighted by molar-refractivity contribution is 5.99. The summed E-state index contributed by atoms with van der Waals surface area (Å²) >= 11 is 0. The lowest BCUT2D eigenvalue weighted by atomic mass is 10.0. The average Bonchev–Trinajstić information content (AvgIpc) is 3.19. The number of carboxylic acids is 1. The number of benzene rings is 2. The summed E-state index contributed by atoms with van der Waals surface area (Å²) in [6.07, 6.45) is 2.46. The fraction of sp³-hybridized carbons (Fsp3) is 0.364. The van der Waals surface area contributed by atoms with Gasteiger partial charge in [0.25, 0.3) is 0 Å². The number of aryl methyl sites for hydroxylation is 1. The van der Waals surface area contributed by atoms with Gasteiger partial charge in [0.1, 0.15) is 12.4 Å². The molecule has 1 aliphatic heterocycles. The molecule has 1 heterocycles. The molecule has 7 heteroatoms. The molecule has 0 saturated carbocycles. The van der Waals surface area contributed by atoms with E-state index in [9.17, 15) is 9.90 Å². The summed E-state index contributed by atoms with van der Waals surface area (Å²) in [4.78, 5) is 15.9. The van der Waals surface area contributed by atoms with Crippen molar-refractivity contribution in [3.63, 3.8) is 0 Å². The summed E-state index contributed by atoms with van der Waals surface area (Å²) < 4.78 is 5.93. The van der Waals surface area contributed by atoms with Crippen molar-refractivity contribution in [1.29, 1.82) is 5.41 Å². The zero-order chi connectivity index (χ0) is 20.8. The topological polar surface area (TPSA) is 103 Å². The molecule has 1 aliphatic rings. The Morgan fingerprint density at radius 1 is 1.24 bits per heavy atom. The highest BCUT2D eigenvalue weighted by Gasteiger charge is 2.30. The fourth-order valence-electron chi connectivity index (χ4n) is 3.73. The number of aliphatic carboxylic acids is 1. The van der Waals surface area contributed by atoms with Crippen LogP contribution in [0.1, 0.15) is 30.0 Å². The lowest BCUT2D eigenvalue weighted by Crippen LogP contribution is -2.43. The van der Waals surface area contributed by atoms with Gasteiger partial charge in [-0.05, 0) is 68.2 Å². The number of para-hydroxylation sites is 1. The van der Waals surface area contributed by atoms with Gasteiger partial charge in [0.15, 0.2) is 12.0 Å². The molecule has 1 unspecified atom stereocenters. The van der Waals surface area contributed by atoms with E-state index in [1.165, 1.54) is 17.7 Å². The largest absolute Gasteiger partial charge is 0.492 e. The second-order valence-electron chi connectivity index (χ2n) is 7.31. The summed E-state index contributed by atoms with van der Waals surface area (Å²) in [5.41, 5.74) is 7.74. The van der Waals surface area contributed by atoms with Gasteiger partial charge in [0, 0.05) is 12.2 Å². The van der Waals surface area contributed by atoms with Crippen LogP contribution in [-0.2, 0) is 4.79 Å². The maximum absolute atomic E-state index is 12.2. The van der Waals surface area contributed by atoms with Crippen molar-refractivity contribution >= 4 is 17.6 Å². The summed E-state index contributed by atoms with van der Waals surface area (Å²) in [5.74, 6) is -0.790. The third-order valence-electron chi connectivity index (χ3n) is 5.05. The van der Waals surface area contributed by atoms with Crippen molar-refractivity contribution in [3.05, 3.63) is 59.7 Å². The Morgan fingerprint density at radius 3 is 2.55 bits per heavy atom. The Morgan fingerprint density at radius 2 is 1.93 bits per heavy atom. The maximum atomic E-state index is 12.2. The van der Waals surface area contributed by atoms with Gasteiger partial charge in [-0.3, -0.25) is 15.2 Å². The average molecular weight is 396 g/mol. The summed E-state index contributed by atoms with van der Waals surface area (Å²) in [5, 5.41) is 17.9. The third-order valence-corrected chi connectivity index (χ3v) is 5.05. The first-order valence-electron chi connectivity index (χ1n) is 9.83. The number of guanidine groups is 1. The number of nitrogens with two attached hydrogens (primary N) is 1. The molecule has 0 aromatic heterocycles. The van der Waals surface area contributed by atoms with Gasteiger partial charge in [-0.25, -0.2) is 4.79 Å². The number of nitrogens with zero attached hydrogens (tertiary/aromatic N) is 2. The molecule has 0 radical (unpaired) electrons. The number of anilines is 1. The Hall–Kier alpha value is -3.06. The van der Waals surface area contributed by atoms with E-state index in [2.05, 4.69) is 4.90 Å². The molecule has 29 heavy (non-hydrogen) atoms. The molecule has 0 amide bonds. The van der Waals surface area contributed by atoms with Crippen LogP contribution < -0.4 is 15.4 Å². The van der Waals surface area contributed by atoms with Crippen LogP contribution in [0.2, 0.25) is 0 Å². The van der Waals surface area contributed by atoms with E-state index in [0.29, 0.717) is 23.6 Å². The van der Waals surface area contributed by atoms with E-state index >= 15 is 0 Å². The zero-order valence-corrected chi connectivity index (χ0v) is 16.7. The first kappa shape index (κ1) is 20.7. The second kappa shape index (κ2) is 9.43. The molecule has 1 atom stereocenters. The van der Waals surface area contributed by atoms with Gasteiger partial charge in [0.05, 0.1) is 0 Å². The quantitative estimate of drug-likeness (QED) is 0.468. The second-order valence-corrected chi connectivity index (χ2v) is 7.31. The van der Waals surface area contributed by atoms with Crippen LogP contribution in [0.3, 0.4) is 0 Å². The lowest BCUT2D eigenvalue weighted by molar-refractivity contribution is -0.138. The normalized spacial score (nSPS) is 15.1. The molecule has 2 aromatic rings. The standard InChI is InChI=1S/C22H28N4O3/c1-16-13-17(15-19(14-16)29-12-11-25-9-5-6-10-25)20(21(27)28)26(22(23)24)18-7-3-2-4-8-18/h2-4,7-8,13-15,20H,5-6,9-12H2,1H3,(H3,23,24)(H,27,28). The van der Waals surface area contributed by atoms with Gasteiger partial charge >= 0.3 is 5.97 Å². The molecule has 154 valence electrons. The molecular weight excluding hydrogens is 368 g/mol. The molecule has 0 aliphatic carbocycles. The molecule has 3 rings (SSSR count). The Balaban J connectivity index is 1.85. The van der Waals surface area contributed by atoms with Crippen molar-refractivity contribution in [2.75, 3.05) is 31.1 Å². The van der Waals surface area contributed by atoms with Crippen LogP contribution in [-0.4, -0.2) is 48.2 Å². The maximum Gasteiger partial charge on any atom is 0.331 e. The molecule has 4 N–H and O–H groups in total. The van der Waals surface area contributed by atoms with E-state index in [0.717, 1.165) is 25.2 Å². The zero-order valence-electron chi connectivity index (χ0n) is 16.7. The van der Waals surface area contributed by atoms with E-state index < -0.39 is 12.0 Å². The van der Waals surface area contributed by atoms with Gasteiger partial charge in [-0.1, -0.05) is 24.3 Å². The molecule has 0 bridgehead atoms. The van der Waals surface area contributed by atoms with E-state index in [1.54, 1.807) is 36.4 Å². The first-order valence-corrected chi connectivity index (χ1v) is 9.83. The number of likely N-dealkylation sites (tertiary alicyclic amines) is 1. The third kappa shape index (κ3) is 5.26. The van der Waals surface area contributed by atoms with Crippen LogP contribution in [0.15, 0.2) is 48.5 Å². The predicted molar refractivity (Wildman–Crippen MR) is 114 cm³/mol. The van der Waals surface area contributed by atoms with Crippen molar-refractivity contribution in [1.82, 2.24) is 4.90 Å². The molecule has 7 nitrogen and oxygen atoms in total. The first-order chi connectivity index (χ1) is 14.0. The minimum Gasteiger partial charge on any atom is -0.492 e. The number of hydrogen-bond acceptors (Lipinski definition) is 4. The Labute approximate surface area is 171 Å². The van der Waals surface area contributed by atoms with Gasteiger partial charge in [-0.15, -0.1) is 0 Å². The van der Waals surface area contributed by atoms with Crippen molar-refractivity contribution < 1.29 is 14.6 Å². The Kier molecular flexibility index (Phi) is 6.72. The fourth-order valence-corrected chi connectivity index (χ4v) is 3.73.